The van der Waals surface area contributed by atoms with Gasteiger partial charge in [0.2, 0.25) is 0 Å². The van der Waals surface area contributed by atoms with Crippen LogP contribution in [-0.2, 0) is 13.1 Å². The van der Waals surface area contributed by atoms with Crippen molar-refractivity contribution in [3.63, 3.8) is 0 Å². The van der Waals surface area contributed by atoms with Gasteiger partial charge in [0.25, 0.3) is 0 Å². The molecule has 0 bridgehead atoms. The van der Waals surface area contributed by atoms with E-state index in [1.807, 2.05) is 6.92 Å². The molecule has 2 aromatic carbocycles. The highest BCUT2D eigenvalue weighted by molar-refractivity contribution is 5.79. The van der Waals surface area contributed by atoms with Crippen LogP contribution in [0.3, 0.4) is 0 Å². The predicted molar refractivity (Wildman–Crippen MR) is 99.4 cm³/mol. The van der Waals surface area contributed by atoms with E-state index in [0.29, 0.717) is 29.4 Å². The maximum Gasteiger partial charge on any atom is 0.573 e. The van der Waals surface area contributed by atoms with Crippen LogP contribution in [0, 0.1) is 0 Å². The van der Waals surface area contributed by atoms with E-state index in [4.69, 9.17) is 4.74 Å². The van der Waals surface area contributed by atoms with E-state index >= 15 is 0 Å². The maximum atomic E-state index is 12.5. The summed E-state index contributed by atoms with van der Waals surface area (Å²) in [7, 11) is 1.46. The Hall–Kier alpha value is -3.10. The number of hydrogen-bond acceptors (Lipinski definition) is 4. The van der Waals surface area contributed by atoms with Gasteiger partial charge in [0.15, 0.2) is 17.5 Å². The SMILES string of the molecule is CCNC(=NCc1ccccc1OC(F)(F)F)NCc1cccc(OC)c1O. The van der Waals surface area contributed by atoms with E-state index in [2.05, 4.69) is 20.4 Å². The number of ether oxygens (including phenoxy) is 2. The summed E-state index contributed by atoms with van der Waals surface area (Å²) >= 11 is 0. The van der Waals surface area contributed by atoms with Gasteiger partial charge < -0.3 is 25.2 Å². The van der Waals surface area contributed by atoms with Crippen molar-refractivity contribution in [3.05, 3.63) is 53.6 Å². The summed E-state index contributed by atoms with van der Waals surface area (Å²) in [5, 5.41) is 16.2. The number of hydrogen-bond donors (Lipinski definition) is 3. The minimum atomic E-state index is -4.77. The molecule has 0 aliphatic rings. The Morgan fingerprint density at radius 3 is 2.39 bits per heavy atom. The molecule has 28 heavy (non-hydrogen) atoms. The Kier molecular flexibility index (Phi) is 7.36. The van der Waals surface area contributed by atoms with Gasteiger partial charge in [-0.25, -0.2) is 4.99 Å². The first-order chi connectivity index (χ1) is 13.3. The van der Waals surface area contributed by atoms with E-state index in [1.165, 1.54) is 25.3 Å². The van der Waals surface area contributed by atoms with Gasteiger partial charge in [0.1, 0.15) is 5.75 Å². The highest BCUT2D eigenvalue weighted by atomic mass is 19.4. The fourth-order valence-corrected chi connectivity index (χ4v) is 2.42. The third-order valence-corrected chi connectivity index (χ3v) is 3.70. The third kappa shape index (κ3) is 6.26. The van der Waals surface area contributed by atoms with Gasteiger partial charge in [0.05, 0.1) is 13.7 Å². The van der Waals surface area contributed by atoms with E-state index in [9.17, 15) is 18.3 Å². The summed E-state index contributed by atoms with van der Waals surface area (Å²) in [6.07, 6.45) is -4.77. The monoisotopic (exact) mass is 397 g/mol. The van der Waals surface area contributed by atoms with Crippen LogP contribution in [0.4, 0.5) is 13.2 Å². The number of guanidine groups is 1. The Bertz CT molecular complexity index is 810. The first-order valence-corrected chi connectivity index (χ1v) is 8.54. The molecule has 3 N–H and O–H groups in total. The number of methoxy groups -OCH3 is 1. The number of halogens is 3. The van der Waals surface area contributed by atoms with Crippen molar-refractivity contribution in [2.45, 2.75) is 26.4 Å². The van der Waals surface area contributed by atoms with E-state index < -0.39 is 6.36 Å². The average molecular weight is 397 g/mol. The quantitative estimate of drug-likeness (QED) is 0.492. The van der Waals surface area contributed by atoms with Crippen LogP contribution in [0.5, 0.6) is 17.2 Å². The van der Waals surface area contributed by atoms with E-state index in [0.717, 1.165) is 0 Å². The smallest absolute Gasteiger partial charge is 0.504 e. The molecule has 9 heteroatoms. The number of nitrogens with one attached hydrogen (secondary N) is 2. The summed E-state index contributed by atoms with van der Waals surface area (Å²) in [6.45, 7) is 2.64. The Balaban J connectivity index is 2.11. The van der Waals surface area contributed by atoms with Crippen molar-refractivity contribution in [1.82, 2.24) is 10.6 Å². The summed E-state index contributed by atoms with van der Waals surface area (Å²) < 4.78 is 46.7. The zero-order valence-electron chi connectivity index (χ0n) is 15.5. The largest absolute Gasteiger partial charge is 0.573 e. The molecule has 0 unspecified atom stereocenters. The molecule has 0 saturated carbocycles. The molecule has 0 atom stereocenters. The van der Waals surface area contributed by atoms with E-state index in [-0.39, 0.29) is 24.6 Å². The number of phenols is 1. The third-order valence-electron chi connectivity index (χ3n) is 3.70. The number of aromatic hydroxyl groups is 1. The zero-order chi connectivity index (χ0) is 20.6. The van der Waals surface area contributed by atoms with Gasteiger partial charge in [-0.2, -0.15) is 0 Å². The Morgan fingerprint density at radius 1 is 1.04 bits per heavy atom. The van der Waals surface area contributed by atoms with Crippen LogP contribution >= 0.6 is 0 Å². The number of benzene rings is 2. The number of phenolic OH excluding ortho intramolecular Hbond substituents is 1. The summed E-state index contributed by atoms with van der Waals surface area (Å²) in [5.74, 6) is 0.448. The van der Waals surface area contributed by atoms with Crippen LogP contribution in [0.25, 0.3) is 0 Å². The van der Waals surface area contributed by atoms with Gasteiger partial charge in [-0.15, -0.1) is 13.2 Å². The number of rotatable bonds is 7. The molecule has 0 radical (unpaired) electrons. The lowest BCUT2D eigenvalue weighted by Crippen LogP contribution is -2.36. The number of alkyl halides is 3. The van der Waals surface area contributed by atoms with Gasteiger partial charge in [0, 0.05) is 24.2 Å². The minimum Gasteiger partial charge on any atom is -0.504 e. The first kappa shape index (κ1) is 21.2. The second kappa shape index (κ2) is 9.72. The molecule has 152 valence electrons. The molecule has 0 fully saturated rings. The highest BCUT2D eigenvalue weighted by Crippen LogP contribution is 2.29. The molecule has 6 nitrogen and oxygen atoms in total. The average Bonchev–Trinajstić information content (AvgIpc) is 2.65. The van der Waals surface area contributed by atoms with Crippen LogP contribution < -0.4 is 20.1 Å². The topological polar surface area (TPSA) is 75.1 Å². The molecular weight excluding hydrogens is 375 g/mol. The van der Waals surface area contributed by atoms with Crippen molar-refractivity contribution in [1.29, 1.82) is 0 Å². The summed E-state index contributed by atoms with van der Waals surface area (Å²) in [4.78, 5) is 4.30. The second-order valence-corrected chi connectivity index (χ2v) is 5.67. The highest BCUT2D eigenvalue weighted by Gasteiger charge is 2.31. The molecule has 2 rings (SSSR count). The number of aliphatic imine (C=N–C) groups is 1. The second-order valence-electron chi connectivity index (χ2n) is 5.67. The summed E-state index contributed by atoms with van der Waals surface area (Å²) in [5.41, 5.74) is 0.881. The molecule has 0 aromatic heterocycles. The fourth-order valence-electron chi connectivity index (χ4n) is 2.42. The number of nitrogens with zero attached hydrogens (tertiary/aromatic N) is 1. The molecule has 0 aliphatic carbocycles. The van der Waals surface area contributed by atoms with Crippen LogP contribution in [-0.4, -0.2) is 31.1 Å². The Morgan fingerprint density at radius 2 is 1.71 bits per heavy atom. The van der Waals surface area contributed by atoms with Gasteiger partial charge in [-0.3, -0.25) is 0 Å². The van der Waals surface area contributed by atoms with Crippen molar-refractivity contribution < 1.29 is 27.8 Å². The molecule has 2 aromatic rings. The lowest BCUT2D eigenvalue weighted by atomic mass is 10.2. The minimum absolute atomic E-state index is 0.0114. The van der Waals surface area contributed by atoms with E-state index in [1.54, 1.807) is 24.3 Å². The summed E-state index contributed by atoms with van der Waals surface area (Å²) in [6, 6.07) is 10.9. The zero-order valence-corrected chi connectivity index (χ0v) is 15.5. The molecule has 0 amide bonds. The first-order valence-electron chi connectivity index (χ1n) is 8.54. The van der Waals surface area contributed by atoms with Crippen LogP contribution in [0.2, 0.25) is 0 Å². The molecular formula is C19H22F3N3O3. The maximum absolute atomic E-state index is 12.5. The lowest BCUT2D eigenvalue weighted by Gasteiger charge is -2.15. The van der Waals surface area contributed by atoms with Crippen molar-refractivity contribution in [2.75, 3.05) is 13.7 Å². The van der Waals surface area contributed by atoms with Gasteiger partial charge >= 0.3 is 6.36 Å². The van der Waals surface area contributed by atoms with Gasteiger partial charge in [-0.1, -0.05) is 30.3 Å². The van der Waals surface area contributed by atoms with Crippen LogP contribution in [0.15, 0.2) is 47.5 Å². The molecule has 0 saturated heterocycles. The van der Waals surface area contributed by atoms with Crippen molar-refractivity contribution >= 4 is 5.96 Å². The standard InChI is InChI=1S/C19H22F3N3O3/c1-3-23-18(25-12-14-8-6-10-16(27-2)17(14)26)24-11-13-7-4-5-9-15(13)28-19(20,21)22/h4-10,26H,3,11-12H2,1-2H3,(H2,23,24,25). The molecule has 0 spiro atoms. The predicted octanol–water partition coefficient (Wildman–Crippen LogP) is 3.55. The fraction of sp³-hybridized carbons (Fsp3) is 0.316. The van der Waals surface area contributed by atoms with Crippen molar-refractivity contribution in [2.24, 2.45) is 4.99 Å². The lowest BCUT2D eigenvalue weighted by molar-refractivity contribution is -0.274. The van der Waals surface area contributed by atoms with Gasteiger partial charge in [-0.05, 0) is 19.1 Å². The molecule has 0 heterocycles. The molecule has 0 aliphatic heterocycles. The normalized spacial score (nSPS) is 11.8. The van der Waals surface area contributed by atoms with Crippen LogP contribution in [0.1, 0.15) is 18.1 Å². The Labute approximate surface area is 161 Å². The van der Waals surface area contributed by atoms with Crippen molar-refractivity contribution in [3.8, 4) is 17.2 Å². The number of para-hydroxylation sites is 2.